The second kappa shape index (κ2) is 14.5. The Morgan fingerprint density at radius 1 is 0.853 bits per heavy atom. The maximum absolute atomic E-state index is 10.3. The van der Waals surface area contributed by atoms with Crippen molar-refractivity contribution in [2.24, 2.45) is 0 Å². The van der Waals surface area contributed by atoms with Gasteiger partial charge in [-0.2, -0.15) is 0 Å². The third kappa shape index (κ3) is 8.75. The van der Waals surface area contributed by atoms with E-state index >= 15 is 0 Å². The van der Waals surface area contributed by atoms with Crippen molar-refractivity contribution >= 4 is 11.6 Å². The lowest BCUT2D eigenvalue weighted by Gasteiger charge is -2.29. The zero-order valence-electron chi connectivity index (χ0n) is 21.0. The van der Waals surface area contributed by atoms with E-state index < -0.39 is 12.2 Å². The topological polar surface area (TPSA) is 74.2 Å². The Bertz CT molecular complexity index is 808. The van der Waals surface area contributed by atoms with Gasteiger partial charge in [-0.3, -0.25) is 4.90 Å². The number of nitrogens with one attached hydrogen (secondary N) is 1. The van der Waals surface area contributed by atoms with E-state index in [0.717, 1.165) is 43.1 Å². The van der Waals surface area contributed by atoms with Gasteiger partial charge >= 0.3 is 0 Å². The third-order valence-corrected chi connectivity index (χ3v) is 6.25. The van der Waals surface area contributed by atoms with E-state index in [2.05, 4.69) is 36.2 Å². The second-order valence-corrected chi connectivity index (χ2v) is 9.12. The number of rotatable bonds is 11. The van der Waals surface area contributed by atoms with Crippen molar-refractivity contribution in [3.05, 3.63) is 59.7 Å². The average Bonchev–Trinajstić information content (AvgIpc) is 2.88. The van der Waals surface area contributed by atoms with Crippen LogP contribution in [0.2, 0.25) is 0 Å². The van der Waals surface area contributed by atoms with Crippen molar-refractivity contribution in [3.8, 4) is 11.5 Å². The summed E-state index contributed by atoms with van der Waals surface area (Å²) in [5.41, 5.74) is 2.12. The number of benzene rings is 2. The third-order valence-electron chi connectivity index (χ3n) is 5.89. The molecular weight excluding hydrogens is 452 g/mol. The zero-order valence-corrected chi connectivity index (χ0v) is 21.7. The van der Waals surface area contributed by atoms with E-state index in [9.17, 15) is 10.2 Å². The van der Waals surface area contributed by atoms with Crippen LogP contribution in [0.1, 0.15) is 38.8 Å². The van der Waals surface area contributed by atoms with Gasteiger partial charge in [-0.15, -0.1) is 11.6 Å². The van der Waals surface area contributed by atoms with Crippen LogP contribution in [0.5, 0.6) is 11.5 Å². The molecule has 2 unspecified atom stereocenters. The molecule has 0 radical (unpaired) electrons. The summed E-state index contributed by atoms with van der Waals surface area (Å²) in [5, 5.41) is 23.1. The van der Waals surface area contributed by atoms with Gasteiger partial charge in [-0.05, 0) is 35.4 Å². The number of piperazine rings is 1. The number of nitrogens with zero attached hydrogens (tertiary/aromatic N) is 1. The Hall–Kier alpha value is -1.83. The summed E-state index contributed by atoms with van der Waals surface area (Å²) in [6.45, 7) is 13.3. The fourth-order valence-corrected chi connectivity index (χ4v) is 3.87. The first-order valence-corrected chi connectivity index (χ1v) is 12.7. The Balaban J connectivity index is 0.00000199. The highest BCUT2D eigenvalue weighted by atomic mass is 35.5. The van der Waals surface area contributed by atoms with E-state index in [1.165, 1.54) is 0 Å². The molecule has 0 spiro atoms. The van der Waals surface area contributed by atoms with Crippen LogP contribution in [0.15, 0.2) is 48.5 Å². The van der Waals surface area contributed by atoms with Gasteiger partial charge < -0.3 is 25.0 Å². The fourth-order valence-electron chi connectivity index (χ4n) is 3.78. The predicted molar refractivity (Wildman–Crippen MR) is 139 cm³/mol. The van der Waals surface area contributed by atoms with Crippen molar-refractivity contribution in [1.29, 1.82) is 0 Å². The molecule has 0 aromatic heterocycles. The van der Waals surface area contributed by atoms with Gasteiger partial charge in [0.05, 0.1) is 5.88 Å². The standard InChI is InChI=1S/C25H35ClN2O4.C2H6/c1-25(2,19-3-7-23(8-4-19)31-17-21(29)15-26)20-5-9-24(10-6-20)32-18-22(30)16-28-13-11-27-12-14-28;1-2/h3-10,21-22,27,29-30H,11-18H2,1-2H3;1-2H3. The van der Waals surface area contributed by atoms with E-state index in [1.807, 2.05) is 50.2 Å². The number of ether oxygens (including phenoxy) is 2. The summed E-state index contributed by atoms with van der Waals surface area (Å²) in [5.74, 6) is 1.61. The molecule has 1 aliphatic heterocycles. The molecule has 1 heterocycles. The lowest BCUT2D eigenvalue weighted by Crippen LogP contribution is -2.47. The summed E-state index contributed by atoms with van der Waals surface area (Å²) in [6, 6.07) is 16.0. The fraction of sp³-hybridized carbons (Fsp3) is 0.556. The largest absolute Gasteiger partial charge is 0.491 e. The van der Waals surface area contributed by atoms with Crippen molar-refractivity contribution < 1.29 is 19.7 Å². The minimum Gasteiger partial charge on any atom is -0.491 e. The Labute approximate surface area is 209 Å². The van der Waals surface area contributed by atoms with Crippen LogP contribution in [0.3, 0.4) is 0 Å². The summed E-state index contributed by atoms with van der Waals surface area (Å²) in [7, 11) is 0. The van der Waals surface area contributed by atoms with Crippen LogP contribution in [-0.2, 0) is 5.41 Å². The number of hydrogen-bond donors (Lipinski definition) is 3. The van der Waals surface area contributed by atoms with Gasteiger partial charge in [-0.25, -0.2) is 0 Å². The van der Waals surface area contributed by atoms with Crippen molar-refractivity contribution in [1.82, 2.24) is 10.2 Å². The lowest BCUT2D eigenvalue weighted by molar-refractivity contribution is 0.0641. The molecule has 0 bridgehead atoms. The molecule has 1 aliphatic rings. The van der Waals surface area contributed by atoms with Gasteiger partial charge in [0, 0.05) is 38.1 Å². The number of aliphatic hydroxyl groups excluding tert-OH is 2. The highest BCUT2D eigenvalue weighted by Gasteiger charge is 2.23. The predicted octanol–water partition coefficient (Wildman–Crippen LogP) is 3.66. The molecule has 1 saturated heterocycles. The smallest absolute Gasteiger partial charge is 0.119 e. The number of halogens is 1. The van der Waals surface area contributed by atoms with Crippen LogP contribution in [0, 0.1) is 0 Å². The van der Waals surface area contributed by atoms with Crippen LogP contribution in [0.25, 0.3) is 0 Å². The van der Waals surface area contributed by atoms with Gasteiger partial charge in [0.2, 0.25) is 0 Å². The number of β-amino-alcohol motifs (C(OH)–C–C–N with tert-alkyl or cyclic N) is 1. The number of hydrogen-bond acceptors (Lipinski definition) is 6. The van der Waals surface area contributed by atoms with Crippen LogP contribution in [0.4, 0.5) is 0 Å². The Morgan fingerprint density at radius 3 is 1.74 bits per heavy atom. The summed E-state index contributed by atoms with van der Waals surface area (Å²) in [4.78, 5) is 2.26. The van der Waals surface area contributed by atoms with Gasteiger partial charge in [0.1, 0.15) is 36.9 Å². The normalized spacial score (nSPS) is 16.2. The van der Waals surface area contributed by atoms with Crippen LogP contribution in [-0.4, -0.2) is 79.1 Å². The van der Waals surface area contributed by atoms with Crippen molar-refractivity contribution in [2.75, 3.05) is 51.8 Å². The number of alkyl halides is 1. The van der Waals surface area contributed by atoms with Crippen LogP contribution >= 0.6 is 11.6 Å². The summed E-state index contributed by atoms with van der Waals surface area (Å²) >= 11 is 5.60. The SMILES string of the molecule is CC.CC(C)(c1ccc(OCC(O)CCl)cc1)c1ccc(OCC(O)CN2CCNCC2)cc1. The molecule has 7 heteroatoms. The second-order valence-electron chi connectivity index (χ2n) is 8.81. The first-order valence-electron chi connectivity index (χ1n) is 12.2. The van der Waals surface area contributed by atoms with E-state index in [1.54, 1.807) is 0 Å². The summed E-state index contributed by atoms with van der Waals surface area (Å²) < 4.78 is 11.4. The molecule has 0 saturated carbocycles. The molecular formula is C27H41ClN2O4. The van der Waals surface area contributed by atoms with Crippen molar-refractivity contribution in [2.45, 2.75) is 45.3 Å². The quantitative estimate of drug-likeness (QED) is 0.416. The monoisotopic (exact) mass is 492 g/mol. The first kappa shape index (κ1) is 28.4. The molecule has 3 N–H and O–H groups in total. The molecule has 1 fully saturated rings. The maximum atomic E-state index is 10.3. The molecule has 6 nitrogen and oxygen atoms in total. The molecule has 0 amide bonds. The molecule has 2 aromatic rings. The van der Waals surface area contributed by atoms with E-state index in [4.69, 9.17) is 21.1 Å². The molecule has 0 aliphatic carbocycles. The van der Waals surface area contributed by atoms with Gasteiger partial charge in [0.15, 0.2) is 0 Å². The molecule has 190 valence electrons. The summed E-state index contributed by atoms with van der Waals surface area (Å²) in [6.07, 6.45) is -1.17. The Morgan fingerprint density at radius 2 is 1.29 bits per heavy atom. The van der Waals surface area contributed by atoms with Crippen LogP contribution < -0.4 is 14.8 Å². The van der Waals surface area contributed by atoms with E-state index in [-0.39, 0.29) is 24.5 Å². The van der Waals surface area contributed by atoms with Gasteiger partial charge in [-0.1, -0.05) is 52.0 Å². The molecule has 2 aromatic carbocycles. The Kier molecular flexibility index (Phi) is 12.2. The molecule has 2 atom stereocenters. The van der Waals surface area contributed by atoms with Gasteiger partial charge in [0.25, 0.3) is 0 Å². The zero-order chi connectivity index (χ0) is 25.0. The van der Waals surface area contributed by atoms with Crippen molar-refractivity contribution in [3.63, 3.8) is 0 Å². The highest BCUT2D eigenvalue weighted by molar-refractivity contribution is 6.18. The molecule has 3 rings (SSSR count). The highest BCUT2D eigenvalue weighted by Crippen LogP contribution is 2.33. The number of aliphatic hydroxyl groups is 2. The molecule has 34 heavy (non-hydrogen) atoms. The minimum absolute atomic E-state index is 0.153. The van der Waals surface area contributed by atoms with E-state index in [0.29, 0.717) is 12.3 Å². The minimum atomic E-state index is -0.670. The first-order chi connectivity index (χ1) is 16.4. The average molecular weight is 493 g/mol. The lowest BCUT2D eigenvalue weighted by atomic mass is 9.78. The maximum Gasteiger partial charge on any atom is 0.119 e.